The maximum atomic E-state index is 12.3. The Hall–Kier alpha value is -2.34. The summed E-state index contributed by atoms with van der Waals surface area (Å²) in [6.45, 7) is 5.23. The fraction of sp³-hybridized carbons (Fsp3) is 0.333. The number of fused-ring (bicyclic) bond motifs is 1. The van der Waals surface area contributed by atoms with Crippen molar-refractivity contribution in [3.63, 3.8) is 0 Å². The van der Waals surface area contributed by atoms with E-state index in [1.165, 1.54) is 0 Å². The molecule has 1 aromatic carbocycles. The molecule has 0 bridgehead atoms. The standard InChI is InChI=1S/C18H21N3O2S/c1-4-16-17(20-12(2)24-16)18(22)19-9-11-21-10-8-13-14(21)6-5-7-15(13)23-3/h5-8,10H,4,9,11H2,1-3H3,(H,19,22). The average molecular weight is 343 g/mol. The summed E-state index contributed by atoms with van der Waals surface area (Å²) < 4.78 is 7.50. The van der Waals surface area contributed by atoms with Crippen LogP contribution in [0.2, 0.25) is 0 Å². The van der Waals surface area contributed by atoms with Crippen LogP contribution in [0, 0.1) is 6.92 Å². The van der Waals surface area contributed by atoms with Crippen LogP contribution in [0.1, 0.15) is 27.3 Å². The average Bonchev–Trinajstić information content (AvgIpc) is 3.18. The molecule has 2 aromatic heterocycles. The van der Waals surface area contributed by atoms with Crippen LogP contribution in [0.25, 0.3) is 10.9 Å². The van der Waals surface area contributed by atoms with E-state index < -0.39 is 0 Å². The molecule has 1 amide bonds. The number of benzene rings is 1. The van der Waals surface area contributed by atoms with Gasteiger partial charge < -0.3 is 14.6 Å². The molecule has 1 N–H and O–H groups in total. The van der Waals surface area contributed by atoms with E-state index in [2.05, 4.69) is 20.9 Å². The minimum absolute atomic E-state index is 0.0924. The van der Waals surface area contributed by atoms with Gasteiger partial charge in [0, 0.05) is 29.5 Å². The summed E-state index contributed by atoms with van der Waals surface area (Å²) in [6.07, 6.45) is 2.85. The Bertz CT molecular complexity index is 866. The highest BCUT2D eigenvalue weighted by Gasteiger charge is 2.15. The molecule has 0 saturated carbocycles. The molecular formula is C18H21N3O2S. The van der Waals surface area contributed by atoms with Crippen molar-refractivity contribution in [1.29, 1.82) is 0 Å². The lowest BCUT2D eigenvalue weighted by molar-refractivity contribution is 0.0947. The molecule has 0 aliphatic heterocycles. The minimum Gasteiger partial charge on any atom is -0.496 e. The van der Waals surface area contributed by atoms with E-state index in [1.54, 1.807) is 18.4 Å². The number of amides is 1. The lowest BCUT2D eigenvalue weighted by atomic mass is 10.2. The van der Waals surface area contributed by atoms with Crippen LogP contribution in [0.4, 0.5) is 0 Å². The second-order valence-corrected chi connectivity index (χ2v) is 6.80. The Morgan fingerprint density at radius 1 is 1.38 bits per heavy atom. The van der Waals surface area contributed by atoms with Crippen molar-refractivity contribution in [2.45, 2.75) is 26.8 Å². The van der Waals surface area contributed by atoms with Gasteiger partial charge in [-0.1, -0.05) is 13.0 Å². The van der Waals surface area contributed by atoms with Crippen molar-refractivity contribution in [3.05, 3.63) is 46.0 Å². The summed E-state index contributed by atoms with van der Waals surface area (Å²) in [5.41, 5.74) is 1.67. The first-order valence-electron chi connectivity index (χ1n) is 8.00. The van der Waals surface area contributed by atoms with Crippen molar-refractivity contribution >= 4 is 28.1 Å². The van der Waals surface area contributed by atoms with E-state index in [-0.39, 0.29) is 5.91 Å². The molecule has 2 heterocycles. The van der Waals surface area contributed by atoms with Gasteiger partial charge in [0.1, 0.15) is 11.4 Å². The fourth-order valence-corrected chi connectivity index (χ4v) is 3.70. The van der Waals surface area contributed by atoms with Crippen molar-refractivity contribution in [2.24, 2.45) is 0 Å². The summed E-state index contributed by atoms with van der Waals surface area (Å²) in [4.78, 5) is 17.7. The predicted molar refractivity (Wildman–Crippen MR) is 97.1 cm³/mol. The molecule has 0 saturated heterocycles. The number of ether oxygens (including phenoxy) is 1. The van der Waals surface area contributed by atoms with E-state index in [0.29, 0.717) is 18.8 Å². The van der Waals surface area contributed by atoms with Gasteiger partial charge in [0.05, 0.1) is 17.6 Å². The van der Waals surface area contributed by atoms with Crippen LogP contribution in [-0.4, -0.2) is 29.1 Å². The monoisotopic (exact) mass is 343 g/mol. The van der Waals surface area contributed by atoms with Gasteiger partial charge in [-0.3, -0.25) is 4.79 Å². The molecule has 0 aliphatic carbocycles. The van der Waals surface area contributed by atoms with E-state index in [0.717, 1.165) is 33.0 Å². The quantitative estimate of drug-likeness (QED) is 0.746. The normalized spacial score (nSPS) is 11.0. The van der Waals surface area contributed by atoms with Crippen molar-refractivity contribution in [3.8, 4) is 5.75 Å². The zero-order valence-corrected chi connectivity index (χ0v) is 14.9. The molecule has 0 fully saturated rings. The molecule has 126 valence electrons. The molecular weight excluding hydrogens is 322 g/mol. The molecule has 0 unspecified atom stereocenters. The summed E-state index contributed by atoms with van der Waals surface area (Å²) in [5, 5.41) is 4.98. The third-order valence-electron chi connectivity index (χ3n) is 3.97. The maximum Gasteiger partial charge on any atom is 0.271 e. The van der Waals surface area contributed by atoms with E-state index in [1.807, 2.05) is 38.2 Å². The SMILES string of the molecule is CCc1sc(C)nc1C(=O)NCCn1ccc2c(OC)cccc21. The van der Waals surface area contributed by atoms with Gasteiger partial charge >= 0.3 is 0 Å². The highest BCUT2D eigenvalue weighted by molar-refractivity contribution is 7.11. The Kier molecular flexibility index (Phi) is 4.85. The number of methoxy groups -OCH3 is 1. The molecule has 24 heavy (non-hydrogen) atoms. The number of aryl methyl sites for hydroxylation is 2. The van der Waals surface area contributed by atoms with Crippen LogP contribution < -0.4 is 10.1 Å². The molecule has 6 heteroatoms. The van der Waals surface area contributed by atoms with Gasteiger partial charge in [0.2, 0.25) is 0 Å². The zero-order valence-electron chi connectivity index (χ0n) is 14.1. The van der Waals surface area contributed by atoms with E-state index in [9.17, 15) is 4.79 Å². The number of carbonyl (C=O) groups is 1. The second-order valence-electron chi connectivity index (χ2n) is 5.52. The second kappa shape index (κ2) is 7.05. The molecule has 0 aliphatic rings. The Morgan fingerprint density at radius 3 is 2.96 bits per heavy atom. The summed E-state index contributed by atoms with van der Waals surface area (Å²) in [6, 6.07) is 8.01. The Balaban J connectivity index is 1.67. The van der Waals surface area contributed by atoms with Gasteiger partial charge in [0.25, 0.3) is 5.91 Å². The third-order valence-corrected chi connectivity index (χ3v) is 5.09. The third kappa shape index (κ3) is 3.14. The number of thiazole rings is 1. The minimum atomic E-state index is -0.0924. The van der Waals surface area contributed by atoms with Gasteiger partial charge in [-0.05, 0) is 31.5 Å². The lowest BCUT2D eigenvalue weighted by Gasteiger charge is -2.08. The number of carbonyl (C=O) groups excluding carboxylic acids is 1. The van der Waals surface area contributed by atoms with Crippen molar-refractivity contribution < 1.29 is 9.53 Å². The first kappa shape index (κ1) is 16.5. The fourth-order valence-electron chi connectivity index (χ4n) is 2.83. The molecule has 5 nitrogen and oxygen atoms in total. The van der Waals surface area contributed by atoms with E-state index >= 15 is 0 Å². The van der Waals surface area contributed by atoms with E-state index in [4.69, 9.17) is 4.74 Å². The predicted octanol–water partition coefficient (Wildman–Crippen LogP) is 3.41. The zero-order chi connectivity index (χ0) is 17.1. The number of hydrogen-bond donors (Lipinski definition) is 1. The highest BCUT2D eigenvalue weighted by Crippen LogP contribution is 2.26. The lowest BCUT2D eigenvalue weighted by Crippen LogP contribution is -2.28. The number of nitrogens with one attached hydrogen (secondary N) is 1. The summed E-state index contributed by atoms with van der Waals surface area (Å²) in [5.74, 6) is 0.770. The largest absolute Gasteiger partial charge is 0.496 e. The molecule has 3 rings (SSSR count). The molecule has 3 aromatic rings. The van der Waals surface area contributed by atoms with Crippen LogP contribution >= 0.6 is 11.3 Å². The maximum absolute atomic E-state index is 12.3. The van der Waals surface area contributed by atoms with Crippen LogP contribution in [0.3, 0.4) is 0 Å². The number of aromatic nitrogens is 2. The van der Waals surface area contributed by atoms with Crippen molar-refractivity contribution in [2.75, 3.05) is 13.7 Å². The number of rotatable bonds is 6. The Labute approximate surface area is 145 Å². The van der Waals surface area contributed by atoms with Crippen LogP contribution in [-0.2, 0) is 13.0 Å². The molecule has 0 atom stereocenters. The van der Waals surface area contributed by atoms with Gasteiger partial charge in [-0.15, -0.1) is 11.3 Å². The topological polar surface area (TPSA) is 56.2 Å². The van der Waals surface area contributed by atoms with Gasteiger partial charge in [-0.2, -0.15) is 0 Å². The van der Waals surface area contributed by atoms with Crippen LogP contribution in [0.5, 0.6) is 5.75 Å². The summed E-state index contributed by atoms with van der Waals surface area (Å²) in [7, 11) is 1.67. The molecule has 0 radical (unpaired) electrons. The van der Waals surface area contributed by atoms with Gasteiger partial charge in [0.15, 0.2) is 0 Å². The molecule has 0 spiro atoms. The van der Waals surface area contributed by atoms with Gasteiger partial charge in [-0.25, -0.2) is 4.98 Å². The first-order valence-corrected chi connectivity index (χ1v) is 8.82. The smallest absolute Gasteiger partial charge is 0.271 e. The number of hydrogen-bond acceptors (Lipinski definition) is 4. The number of nitrogens with zero attached hydrogens (tertiary/aromatic N) is 2. The van der Waals surface area contributed by atoms with Crippen LogP contribution in [0.15, 0.2) is 30.5 Å². The highest BCUT2D eigenvalue weighted by atomic mass is 32.1. The first-order chi connectivity index (χ1) is 11.6. The van der Waals surface area contributed by atoms with Crippen molar-refractivity contribution in [1.82, 2.24) is 14.9 Å². The Morgan fingerprint density at radius 2 is 2.21 bits per heavy atom. The summed E-state index contributed by atoms with van der Waals surface area (Å²) >= 11 is 1.59.